The van der Waals surface area contributed by atoms with Crippen LogP contribution in [-0.2, 0) is 9.53 Å². The van der Waals surface area contributed by atoms with Crippen LogP contribution in [0.3, 0.4) is 0 Å². The first kappa shape index (κ1) is 21.3. The molecule has 0 fully saturated rings. The van der Waals surface area contributed by atoms with Gasteiger partial charge < -0.3 is 14.8 Å². The van der Waals surface area contributed by atoms with Crippen molar-refractivity contribution in [2.45, 2.75) is 19.0 Å². The number of nitrogens with one attached hydrogen (secondary N) is 1. The van der Waals surface area contributed by atoms with Crippen molar-refractivity contribution in [1.82, 2.24) is 20.2 Å². The van der Waals surface area contributed by atoms with Crippen molar-refractivity contribution in [3.8, 4) is 11.4 Å². The number of nitrogens with zero attached hydrogens (tertiary/aromatic N) is 4. The number of anilines is 1. The lowest BCUT2D eigenvalue weighted by Crippen LogP contribution is -2.17. The highest BCUT2D eigenvalue weighted by molar-refractivity contribution is 7.99. The quantitative estimate of drug-likeness (QED) is 0.410. The van der Waals surface area contributed by atoms with Crippen LogP contribution < -0.4 is 10.1 Å². The second-order valence-corrected chi connectivity index (χ2v) is 6.85. The highest BCUT2D eigenvalue weighted by Gasteiger charge is 2.16. The van der Waals surface area contributed by atoms with E-state index in [4.69, 9.17) is 9.47 Å². The lowest BCUT2D eigenvalue weighted by molar-refractivity contribution is -0.113. The topological polar surface area (TPSA) is 108 Å². The van der Waals surface area contributed by atoms with Gasteiger partial charge in [-0.2, -0.15) is 4.68 Å². The molecule has 0 aliphatic rings. The summed E-state index contributed by atoms with van der Waals surface area (Å²) in [5.74, 6) is 0.0378. The van der Waals surface area contributed by atoms with Gasteiger partial charge in [0, 0.05) is 0 Å². The Morgan fingerprint density at radius 1 is 1.07 bits per heavy atom. The van der Waals surface area contributed by atoms with Crippen LogP contribution in [0.2, 0.25) is 0 Å². The van der Waals surface area contributed by atoms with Gasteiger partial charge in [0.15, 0.2) is 0 Å². The number of tetrazole rings is 1. The number of hydrogen-bond acceptors (Lipinski definition) is 8. The summed E-state index contributed by atoms with van der Waals surface area (Å²) in [7, 11) is 0. The van der Waals surface area contributed by atoms with E-state index < -0.39 is 5.97 Å². The zero-order valence-corrected chi connectivity index (χ0v) is 17.4. The monoisotopic (exact) mass is 427 g/mol. The lowest BCUT2D eigenvalue weighted by Gasteiger charge is -2.10. The predicted octanol–water partition coefficient (Wildman–Crippen LogP) is 2.97. The van der Waals surface area contributed by atoms with Gasteiger partial charge in [-0.15, -0.1) is 5.10 Å². The van der Waals surface area contributed by atoms with Crippen LogP contribution in [-0.4, -0.2) is 51.1 Å². The zero-order valence-electron chi connectivity index (χ0n) is 16.6. The van der Waals surface area contributed by atoms with Crippen LogP contribution in [0.25, 0.3) is 5.69 Å². The van der Waals surface area contributed by atoms with Crippen molar-refractivity contribution < 1.29 is 19.1 Å². The molecule has 0 unspecified atom stereocenters. The summed E-state index contributed by atoms with van der Waals surface area (Å²) in [6.45, 7) is 4.48. The van der Waals surface area contributed by atoms with Gasteiger partial charge in [0.2, 0.25) is 11.1 Å². The number of benzene rings is 2. The van der Waals surface area contributed by atoms with E-state index in [1.54, 1.807) is 35.9 Å². The Morgan fingerprint density at radius 3 is 2.57 bits per heavy atom. The number of esters is 1. The second kappa shape index (κ2) is 10.4. The number of aromatic nitrogens is 4. The highest BCUT2D eigenvalue weighted by Crippen LogP contribution is 2.21. The van der Waals surface area contributed by atoms with Crippen LogP contribution in [0.4, 0.5) is 5.69 Å². The SMILES string of the molecule is CCOC(=O)c1ccccc1NC(=O)CSc1nnnn1-c1ccc(OCC)cc1. The first-order chi connectivity index (χ1) is 14.6. The van der Waals surface area contributed by atoms with Gasteiger partial charge in [0.1, 0.15) is 5.75 Å². The van der Waals surface area contributed by atoms with Crippen molar-refractivity contribution >= 4 is 29.3 Å². The second-order valence-electron chi connectivity index (χ2n) is 5.90. The summed E-state index contributed by atoms with van der Waals surface area (Å²) < 4.78 is 12.0. The fraction of sp³-hybridized carbons (Fsp3) is 0.250. The van der Waals surface area contributed by atoms with E-state index in [2.05, 4.69) is 20.8 Å². The van der Waals surface area contributed by atoms with E-state index in [9.17, 15) is 9.59 Å². The minimum Gasteiger partial charge on any atom is -0.494 e. The van der Waals surface area contributed by atoms with Crippen molar-refractivity contribution in [3.05, 3.63) is 54.1 Å². The molecule has 156 valence electrons. The van der Waals surface area contributed by atoms with Gasteiger partial charge in [0.05, 0.1) is 35.9 Å². The molecule has 1 heterocycles. The van der Waals surface area contributed by atoms with Gasteiger partial charge in [-0.05, 0) is 60.7 Å². The average Bonchev–Trinajstić information content (AvgIpc) is 3.22. The summed E-state index contributed by atoms with van der Waals surface area (Å²) in [5.41, 5.74) is 1.45. The molecule has 10 heteroatoms. The molecule has 2 aromatic carbocycles. The molecule has 30 heavy (non-hydrogen) atoms. The number of para-hydroxylation sites is 1. The number of carbonyl (C=O) groups is 2. The maximum Gasteiger partial charge on any atom is 0.340 e. The van der Waals surface area contributed by atoms with Crippen LogP contribution in [0.15, 0.2) is 53.7 Å². The number of ether oxygens (including phenoxy) is 2. The maximum atomic E-state index is 12.4. The lowest BCUT2D eigenvalue weighted by atomic mass is 10.2. The molecule has 3 aromatic rings. The van der Waals surface area contributed by atoms with Crippen molar-refractivity contribution in [2.75, 3.05) is 24.3 Å². The molecule has 0 spiro atoms. The van der Waals surface area contributed by atoms with Crippen LogP contribution in [0.5, 0.6) is 5.75 Å². The molecule has 0 atom stereocenters. The molecule has 0 bridgehead atoms. The van der Waals surface area contributed by atoms with Crippen LogP contribution in [0.1, 0.15) is 24.2 Å². The number of carbonyl (C=O) groups excluding carboxylic acids is 2. The molecular formula is C20H21N5O4S. The number of hydrogen-bond donors (Lipinski definition) is 1. The molecule has 0 aliphatic carbocycles. The van der Waals surface area contributed by atoms with Gasteiger partial charge in [0.25, 0.3) is 0 Å². The Balaban J connectivity index is 1.64. The van der Waals surface area contributed by atoms with Crippen LogP contribution in [0, 0.1) is 0 Å². The number of amides is 1. The maximum absolute atomic E-state index is 12.4. The zero-order chi connectivity index (χ0) is 21.3. The van der Waals surface area contributed by atoms with E-state index in [-0.39, 0.29) is 18.3 Å². The third kappa shape index (κ3) is 5.35. The largest absolute Gasteiger partial charge is 0.494 e. The summed E-state index contributed by atoms with van der Waals surface area (Å²) >= 11 is 1.18. The summed E-state index contributed by atoms with van der Waals surface area (Å²) in [5, 5.41) is 14.9. The van der Waals surface area contributed by atoms with E-state index in [1.807, 2.05) is 31.2 Å². The molecule has 1 N–H and O–H groups in total. The molecule has 1 amide bonds. The summed E-state index contributed by atoms with van der Waals surface area (Å²) in [6.07, 6.45) is 0. The Kier molecular flexibility index (Phi) is 7.39. The Morgan fingerprint density at radius 2 is 1.83 bits per heavy atom. The van der Waals surface area contributed by atoms with Crippen molar-refractivity contribution in [2.24, 2.45) is 0 Å². The summed E-state index contributed by atoms with van der Waals surface area (Å²) in [6, 6.07) is 14.0. The van der Waals surface area contributed by atoms with Crippen molar-refractivity contribution in [1.29, 1.82) is 0 Å². The normalized spacial score (nSPS) is 10.5. The van der Waals surface area contributed by atoms with E-state index in [0.717, 1.165) is 11.4 Å². The van der Waals surface area contributed by atoms with E-state index >= 15 is 0 Å². The third-order valence-electron chi connectivity index (χ3n) is 3.86. The number of thioether (sulfide) groups is 1. The van der Waals surface area contributed by atoms with Gasteiger partial charge in [-0.1, -0.05) is 23.9 Å². The Bertz CT molecular complexity index is 1010. The molecule has 0 aliphatic heterocycles. The van der Waals surface area contributed by atoms with Crippen molar-refractivity contribution in [3.63, 3.8) is 0 Å². The fourth-order valence-corrected chi connectivity index (χ4v) is 3.27. The Hall–Kier alpha value is -3.40. The minimum absolute atomic E-state index is 0.0641. The van der Waals surface area contributed by atoms with Gasteiger partial charge in [-0.3, -0.25) is 4.79 Å². The van der Waals surface area contributed by atoms with E-state index in [0.29, 0.717) is 23.0 Å². The minimum atomic E-state index is -0.486. The van der Waals surface area contributed by atoms with Gasteiger partial charge >= 0.3 is 5.97 Å². The highest BCUT2D eigenvalue weighted by atomic mass is 32.2. The smallest absolute Gasteiger partial charge is 0.340 e. The Labute approximate surface area is 177 Å². The predicted molar refractivity (Wildman–Crippen MR) is 112 cm³/mol. The first-order valence-electron chi connectivity index (χ1n) is 9.32. The molecule has 0 saturated heterocycles. The third-order valence-corrected chi connectivity index (χ3v) is 4.78. The average molecular weight is 427 g/mol. The molecule has 0 saturated carbocycles. The molecule has 9 nitrogen and oxygen atoms in total. The molecule has 3 rings (SSSR count). The van der Waals surface area contributed by atoms with E-state index in [1.165, 1.54) is 11.8 Å². The molecule has 0 radical (unpaired) electrons. The molecule has 1 aromatic heterocycles. The van der Waals surface area contributed by atoms with Gasteiger partial charge in [-0.25, -0.2) is 4.79 Å². The fourth-order valence-electron chi connectivity index (χ4n) is 2.58. The molecular weight excluding hydrogens is 406 g/mol. The van der Waals surface area contributed by atoms with Crippen LogP contribution >= 0.6 is 11.8 Å². The first-order valence-corrected chi connectivity index (χ1v) is 10.3. The standard InChI is InChI=1S/C20H21N5O4S/c1-3-28-15-11-9-14(10-12-15)25-20(22-23-24-25)30-13-18(26)21-17-8-6-5-7-16(17)19(27)29-4-2/h5-12H,3-4,13H2,1-2H3,(H,21,26). The number of rotatable bonds is 9. The summed E-state index contributed by atoms with van der Waals surface area (Å²) in [4.78, 5) is 24.5.